The van der Waals surface area contributed by atoms with Gasteiger partial charge in [0, 0.05) is 7.11 Å². The molecule has 26 heavy (non-hydrogen) atoms. The molecular formula is C25H34O. The molecule has 0 amide bonds. The summed E-state index contributed by atoms with van der Waals surface area (Å²) in [6, 6.07) is 8.82. The smallest absolute Gasteiger partial charge is 0.0319 e. The van der Waals surface area contributed by atoms with Gasteiger partial charge in [0.15, 0.2) is 0 Å². The molecule has 0 atom stereocenters. The van der Waals surface area contributed by atoms with Gasteiger partial charge < -0.3 is 5.11 Å². The zero-order valence-corrected chi connectivity index (χ0v) is 16.9. The maximum Gasteiger partial charge on any atom is 0.0319 e. The van der Waals surface area contributed by atoms with Crippen molar-refractivity contribution < 1.29 is 5.11 Å². The highest BCUT2D eigenvalue weighted by atomic mass is 16.2. The van der Waals surface area contributed by atoms with Crippen LogP contribution in [0.2, 0.25) is 0 Å². The highest BCUT2D eigenvalue weighted by Gasteiger charge is 2.01. The predicted molar refractivity (Wildman–Crippen MR) is 119 cm³/mol. The van der Waals surface area contributed by atoms with E-state index in [0.717, 1.165) is 31.9 Å². The molecule has 1 N–H and O–H groups in total. The lowest BCUT2D eigenvalue weighted by Crippen LogP contribution is -1.88. The molecule has 1 aromatic carbocycles. The Morgan fingerprint density at radius 2 is 1.69 bits per heavy atom. The molecule has 0 aliphatic rings. The fourth-order valence-electron chi connectivity index (χ4n) is 2.22. The molecule has 0 saturated carbocycles. The first kappa shape index (κ1) is 25.7. The molecule has 1 nitrogen and oxygen atoms in total. The van der Waals surface area contributed by atoms with Crippen LogP contribution >= 0.6 is 0 Å². The topological polar surface area (TPSA) is 20.2 Å². The summed E-state index contributed by atoms with van der Waals surface area (Å²) in [5.74, 6) is 2.54. The fourth-order valence-corrected chi connectivity index (χ4v) is 2.22. The third-order valence-corrected chi connectivity index (χ3v) is 3.54. The number of aliphatic hydroxyl groups excluding tert-OH is 1. The fraction of sp³-hybridized carbons (Fsp3) is 0.280. The molecule has 0 saturated heterocycles. The lowest BCUT2D eigenvalue weighted by molar-refractivity contribution is 0.399. The number of rotatable bonds is 7. The van der Waals surface area contributed by atoms with Gasteiger partial charge in [-0.05, 0) is 68.4 Å². The first-order chi connectivity index (χ1) is 12.6. The molecule has 1 heteroatoms. The van der Waals surface area contributed by atoms with Crippen LogP contribution in [0.3, 0.4) is 0 Å². The Labute approximate surface area is 161 Å². The Morgan fingerprint density at radius 3 is 2.15 bits per heavy atom. The molecule has 0 bridgehead atoms. The van der Waals surface area contributed by atoms with Crippen molar-refractivity contribution in [1.82, 2.24) is 0 Å². The van der Waals surface area contributed by atoms with E-state index in [1.807, 2.05) is 6.92 Å². The maximum absolute atomic E-state index is 7.00. The molecule has 0 spiro atoms. The van der Waals surface area contributed by atoms with Gasteiger partial charge in [-0.15, -0.1) is 26.2 Å². The van der Waals surface area contributed by atoms with Gasteiger partial charge in [0.25, 0.3) is 0 Å². The molecule has 0 fully saturated rings. The zero-order valence-electron chi connectivity index (χ0n) is 16.9. The Bertz CT molecular complexity index is 634. The third kappa shape index (κ3) is 11.9. The second-order valence-electron chi connectivity index (χ2n) is 5.63. The molecule has 0 unspecified atom stereocenters. The van der Waals surface area contributed by atoms with Crippen molar-refractivity contribution in [3.05, 3.63) is 90.6 Å². The lowest BCUT2D eigenvalue weighted by atomic mass is 9.97. The number of hydrogen-bond donors (Lipinski definition) is 1. The van der Waals surface area contributed by atoms with Crippen LogP contribution in [0.1, 0.15) is 44.7 Å². The minimum Gasteiger partial charge on any atom is -0.400 e. The summed E-state index contributed by atoms with van der Waals surface area (Å²) in [6.45, 7) is 16.2. The quantitative estimate of drug-likeness (QED) is 0.336. The van der Waals surface area contributed by atoms with Crippen molar-refractivity contribution in [2.75, 3.05) is 7.11 Å². The van der Waals surface area contributed by atoms with Crippen LogP contribution in [0.5, 0.6) is 0 Å². The van der Waals surface area contributed by atoms with Crippen LogP contribution < -0.4 is 0 Å². The van der Waals surface area contributed by atoms with Gasteiger partial charge in [0.05, 0.1) is 0 Å². The van der Waals surface area contributed by atoms with E-state index in [1.165, 1.54) is 22.3 Å². The Kier molecular flexibility index (Phi) is 17.1. The zero-order chi connectivity index (χ0) is 20.4. The molecule has 0 aliphatic carbocycles. The van der Waals surface area contributed by atoms with Crippen LogP contribution in [0.15, 0.2) is 79.5 Å². The first-order valence-corrected chi connectivity index (χ1v) is 8.70. The minimum absolute atomic E-state index is 0.924. The molecule has 140 valence electrons. The minimum atomic E-state index is 0.924. The third-order valence-electron chi connectivity index (χ3n) is 3.54. The van der Waals surface area contributed by atoms with Gasteiger partial charge in [-0.2, -0.15) is 0 Å². The number of hydrogen-bond acceptors (Lipinski definition) is 1. The summed E-state index contributed by atoms with van der Waals surface area (Å²) in [6.07, 6.45) is 16.5. The second kappa shape index (κ2) is 17.3. The van der Waals surface area contributed by atoms with Crippen LogP contribution in [-0.4, -0.2) is 12.2 Å². The molecule has 0 aromatic heterocycles. The van der Waals surface area contributed by atoms with Gasteiger partial charge in [0.2, 0.25) is 0 Å². The van der Waals surface area contributed by atoms with Crippen molar-refractivity contribution in [3.63, 3.8) is 0 Å². The molecule has 0 heterocycles. The van der Waals surface area contributed by atoms with E-state index in [-0.39, 0.29) is 0 Å². The van der Waals surface area contributed by atoms with Crippen LogP contribution in [-0.2, 0) is 6.42 Å². The van der Waals surface area contributed by atoms with Crippen LogP contribution in [0, 0.1) is 12.3 Å². The Morgan fingerprint density at radius 1 is 1.12 bits per heavy atom. The summed E-state index contributed by atoms with van der Waals surface area (Å²) in [4.78, 5) is 0. The number of benzene rings is 1. The van der Waals surface area contributed by atoms with Gasteiger partial charge in [0.1, 0.15) is 0 Å². The molecule has 1 rings (SSSR count). The van der Waals surface area contributed by atoms with E-state index >= 15 is 0 Å². The summed E-state index contributed by atoms with van der Waals surface area (Å²) >= 11 is 0. The van der Waals surface area contributed by atoms with Crippen LogP contribution in [0.25, 0.3) is 5.57 Å². The monoisotopic (exact) mass is 350 g/mol. The van der Waals surface area contributed by atoms with Gasteiger partial charge in [-0.1, -0.05) is 54.0 Å². The van der Waals surface area contributed by atoms with E-state index in [1.54, 1.807) is 6.08 Å². The van der Waals surface area contributed by atoms with E-state index in [2.05, 4.69) is 82.0 Å². The summed E-state index contributed by atoms with van der Waals surface area (Å²) in [5.41, 5.74) is 6.34. The predicted octanol–water partition coefficient (Wildman–Crippen LogP) is 6.54. The van der Waals surface area contributed by atoms with E-state index in [0.29, 0.717) is 0 Å². The van der Waals surface area contributed by atoms with E-state index in [4.69, 9.17) is 11.5 Å². The first-order valence-electron chi connectivity index (χ1n) is 8.70. The van der Waals surface area contributed by atoms with Gasteiger partial charge in [-0.3, -0.25) is 0 Å². The highest BCUT2D eigenvalue weighted by Crippen LogP contribution is 2.22. The Balaban J connectivity index is 0. The molecular weight excluding hydrogens is 316 g/mol. The second-order valence-corrected chi connectivity index (χ2v) is 5.63. The largest absolute Gasteiger partial charge is 0.400 e. The van der Waals surface area contributed by atoms with Crippen molar-refractivity contribution in [2.45, 2.75) is 40.0 Å². The van der Waals surface area contributed by atoms with Gasteiger partial charge >= 0.3 is 0 Å². The van der Waals surface area contributed by atoms with Crippen LogP contribution in [0.4, 0.5) is 0 Å². The lowest BCUT2D eigenvalue weighted by Gasteiger charge is -2.08. The molecule has 0 aliphatic heterocycles. The number of terminal acetylenes is 1. The van der Waals surface area contributed by atoms with E-state index in [9.17, 15) is 0 Å². The Hall–Kier alpha value is -2.56. The van der Waals surface area contributed by atoms with Crippen molar-refractivity contribution >= 4 is 5.57 Å². The summed E-state index contributed by atoms with van der Waals surface area (Å²) < 4.78 is 0. The standard InChI is InChI=1S/C22H26.C2H4.CH4O/c1-6-9-19(5)10-8-11-20-13-16-22(17-14-20)21(7-2)15-12-18(3)4;2*1-2/h1,7-10,13-14,16-17H,3,11-12,15H2,2,4-5H3;1-2H2;2H,1H3/b10-8-,19-9-,21-7+;;. The molecule has 1 aromatic rings. The normalized spacial score (nSPS) is 10.9. The summed E-state index contributed by atoms with van der Waals surface area (Å²) in [7, 11) is 1.00. The highest BCUT2D eigenvalue weighted by molar-refractivity contribution is 5.65. The maximum atomic E-state index is 7.00. The number of aliphatic hydroxyl groups is 1. The average Bonchev–Trinajstić information content (AvgIpc) is 2.66. The van der Waals surface area contributed by atoms with Crippen molar-refractivity contribution in [2.24, 2.45) is 0 Å². The van der Waals surface area contributed by atoms with Crippen molar-refractivity contribution in [1.29, 1.82) is 0 Å². The molecule has 0 radical (unpaired) electrons. The average molecular weight is 351 g/mol. The number of allylic oxidation sites excluding steroid dienone is 7. The summed E-state index contributed by atoms with van der Waals surface area (Å²) in [5, 5.41) is 7.00. The van der Waals surface area contributed by atoms with E-state index < -0.39 is 0 Å². The van der Waals surface area contributed by atoms with Gasteiger partial charge in [-0.25, -0.2) is 0 Å². The van der Waals surface area contributed by atoms with Crippen molar-refractivity contribution in [3.8, 4) is 12.3 Å². The SMILES string of the molecule is C#C/C=C(C)\C=C/Cc1ccc(/C(=C/C)CCC(=C)C)cc1.C=C.CO.